The average molecular weight is 358 g/mol. The molecule has 2 aromatic carbocycles. The molecule has 0 unspecified atom stereocenters. The first kappa shape index (κ1) is 17.0. The lowest BCUT2D eigenvalue weighted by Gasteiger charge is -2.18. The zero-order valence-electron chi connectivity index (χ0n) is 13.3. The maximum Gasteiger partial charge on any atom is 0.256 e. The molecule has 1 aliphatic heterocycles. The number of halogens is 1. The summed E-state index contributed by atoms with van der Waals surface area (Å²) in [5.41, 5.74) is 1.71. The fourth-order valence-corrected chi connectivity index (χ4v) is 2.91. The molecular weight excluding hydrogens is 344 g/mol. The smallest absolute Gasteiger partial charge is 0.256 e. The highest BCUT2D eigenvalue weighted by molar-refractivity contribution is 6.32. The van der Waals surface area contributed by atoms with Crippen molar-refractivity contribution in [2.75, 3.05) is 10.2 Å². The minimum atomic E-state index is -1.28. The van der Waals surface area contributed by atoms with E-state index in [2.05, 4.69) is 5.32 Å². The van der Waals surface area contributed by atoms with Gasteiger partial charge in [0, 0.05) is 10.7 Å². The first-order chi connectivity index (χ1) is 11.9. The molecular formula is C18H14ClN2O4-. The second kappa shape index (κ2) is 6.57. The molecule has 0 aromatic heterocycles. The van der Waals surface area contributed by atoms with Gasteiger partial charge in [-0.1, -0.05) is 29.8 Å². The topological polar surface area (TPSA) is 89.5 Å². The molecule has 2 aromatic rings. The van der Waals surface area contributed by atoms with Gasteiger partial charge in [-0.15, -0.1) is 0 Å². The lowest BCUT2D eigenvalue weighted by molar-refractivity contribution is -0.255. The second-order valence-corrected chi connectivity index (χ2v) is 6.12. The monoisotopic (exact) mass is 357 g/mol. The van der Waals surface area contributed by atoms with Gasteiger partial charge in [-0.2, -0.15) is 0 Å². The van der Waals surface area contributed by atoms with Crippen LogP contribution in [0.4, 0.5) is 11.4 Å². The summed E-state index contributed by atoms with van der Waals surface area (Å²) in [5.74, 6) is -1.97. The van der Waals surface area contributed by atoms with Crippen molar-refractivity contribution in [3.8, 4) is 0 Å². The van der Waals surface area contributed by atoms with Crippen molar-refractivity contribution >= 4 is 40.8 Å². The van der Waals surface area contributed by atoms with Crippen LogP contribution in [0.1, 0.15) is 22.3 Å². The van der Waals surface area contributed by atoms with Crippen molar-refractivity contribution in [1.29, 1.82) is 0 Å². The average Bonchev–Trinajstić information content (AvgIpc) is 2.85. The number of rotatable bonds is 4. The molecule has 0 spiro atoms. The van der Waals surface area contributed by atoms with E-state index in [1.807, 2.05) is 0 Å². The predicted molar refractivity (Wildman–Crippen MR) is 91.5 cm³/mol. The summed E-state index contributed by atoms with van der Waals surface area (Å²) in [6.07, 6.45) is 0.00697. The first-order valence-electron chi connectivity index (χ1n) is 7.58. The molecule has 2 amide bonds. The molecule has 128 valence electrons. The summed E-state index contributed by atoms with van der Waals surface area (Å²) in [7, 11) is 0. The summed E-state index contributed by atoms with van der Waals surface area (Å²) in [5, 5.41) is 14.2. The normalized spacial score (nSPS) is 17.0. The number of benzene rings is 2. The molecule has 0 bridgehead atoms. The number of nitrogens with zero attached hydrogens (tertiary/aromatic N) is 1. The molecule has 6 nitrogen and oxygen atoms in total. The Morgan fingerprint density at radius 2 is 1.88 bits per heavy atom. The van der Waals surface area contributed by atoms with Crippen LogP contribution in [0.2, 0.25) is 5.02 Å². The maximum absolute atomic E-state index is 12.7. The van der Waals surface area contributed by atoms with E-state index in [4.69, 9.17) is 11.6 Å². The molecule has 1 aliphatic rings. The Morgan fingerprint density at radius 1 is 1.20 bits per heavy atom. The second-order valence-electron chi connectivity index (χ2n) is 5.72. The van der Waals surface area contributed by atoms with Crippen LogP contribution in [-0.4, -0.2) is 23.8 Å². The molecule has 0 aliphatic carbocycles. The van der Waals surface area contributed by atoms with Gasteiger partial charge in [-0.05, 0) is 42.3 Å². The molecule has 7 heteroatoms. The summed E-state index contributed by atoms with van der Waals surface area (Å²) in [6.45, 7) is 1.75. The van der Waals surface area contributed by atoms with Crippen molar-refractivity contribution in [1.82, 2.24) is 0 Å². The molecule has 1 N–H and O–H groups in total. The number of carbonyl (C=O) groups is 3. The van der Waals surface area contributed by atoms with Crippen LogP contribution in [0.15, 0.2) is 42.5 Å². The number of carboxylic acids is 1. The summed E-state index contributed by atoms with van der Waals surface area (Å²) >= 11 is 6.08. The number of hydrogen-bond donors (Lipinski definition) is 1. The highest BCUT2D eigenvalue weighted by atomic mass is 35.5. The molecule has 1 saturated heterocycles. The van der Waals surface area contributed by atoms with E-state index in [9.17, 15) is 19.5 Å². The van der Waals surface area contributed by atoms with Crippen LogP contribution >= 0.6 is 11.6 Å². The van der Waals surface area contributed by atoms with Crippen molar-refractivity contribution in [3.63, 3.8) is 0 Å². The van der Waals surface area contributed by atoms with Crippen LogP contribution in [-0.2, 0) is 9.59 Å². The predicted octanol–water partition coefficient (Wildman–Crippen LogP) is 1.76. The van der Waals surface area contributed by atoms with Gasteiger partial charge in [0.1, 0.15) is 6.04 Å². The number of nitrogens with one attached hydrogen (secondary N) is 1. The molecule has 1 heterocycles. The minimum Gasteiger partial charge on any atom is -0.545 e. The van der Waals surface area contributed by atoms with Gasteiger partial charge in [0.2, 0.25) is 5.91 Å². The van der Waals surface area contributed by atoms with Gasteiger partial charge in [-0.25, -0.2) is 4.90 Å². The highest BCUT2D eigenvalue weighted by Crippen LogP contribution is 2.31. The summed E-state index contributed by atoms with van der Waals surface area (Å²) in [4.78, 5) is 36.9. The maximum atomic E-state index is 12.7. The van der Waals surface area contributed by atoms with E-state index in [0.29, 0.717) is 22.0 Å². The third kappa shape index (κ3) is 3.21. The van der Waals surface area contributed by atoms with Crippen LogP contribution in [0.25, 0.3) is 0 Å². The molecule has 1 fully saturated rings. The third-order valence-corrected chi connectivity index (χ3v) is 4.50. The van der Waals surface area contributed by atoms with E-state index >= 15 is 0 Å². The lowest BCUT2D eigenvalue weighted by atomic mass is 10.1. The van der Waals surface area contributed by atoms with E-state index in [-0.39, 0.29) is 23.8 Å². The molecule has 0 saturated carbocycles. The zero-order chi connectivity index (χ0) is 18.1. The lowest BCUT2D eigenvalue weighted by Crippen LogP contribution is -2.35. The molecule has 25 heavy (non-hydrogen) atoms. The number of hydrogen-bond acceptors (Lipinski definition) is 5. The van der Waals surface area contributed by atoms with Crippen molar-refractivity contribution < 1.29 is 19.5 Å². The minimum absolute atomic E-state index is 0.00697. The SMILES string of the molecule is Cc1c(Cl)cccc1N1C(=O)C[C@H](Nc2ccc(C(=O)[O-])cc2)C1=O. The van der Waals surface area contributed by atoms with Crippen LogP contribution in [0.5, 0.6) is 0 Å². The Bertz CT molecular complexity index is 864. The quantitative estimate of drug-likeness (QED) is 0.842. The number of carboxylic acid groups (broad SMARTS) is 1. The fraction of sp³-hybridized carbons (Fsp3) is 0.167. The van der Waals surface area contributed by atoms with Gasteiger partial charge in [0.05, 0.1) is 18.1 Å². The Hall–Kier alpha value is -2.86. The van der Waals surface area contributed by atoms with Gasteiger partial charge in [-0.3, -0.25) is 9.59 Å². The summed E-state index contributed by atoms with van der Waals surface area (Å²) < 4.78 is 0. The van der Waals surface area contributed by atoms with Gasteiger partial charge in [0.25, 0.3) is 5.91 Å². The van der Waals surface area contributed by atoms with Crippen LogP contribution in [0.3, 0.4) is 0 Å². The summed E-state index contributed by atoms with van der Waals surface area (Å²) in [6, 6.07) is 10.1. The standard InChI is InChI=1S/C18H15ClN2O4/c1-10-13(19)3-2-4-15(10)21-16(22)9-14(17(21)23)20-12-7-5-11(6-8-12)18(24)25/h2-8,14,20H,9H2,1H3,(H,24,25)/p-1/t14-/m0/s1. The van der Waals surface area contributed by atoms with E-state index in [0.717, 1.165) is 4.90 Å². The zero-order valence-corrected chi connectivity index (χ0v) is 14.0. The fourth-order valence-electron chi connectivity index (χ4n) is 2.74. The van der Waals surface area contributed by atoms with Gasteiger partial charge < -0.3 is 15.2 Å². The Kier molecular flexibility index (Phi) is 4.46. The molecule has 3 rings (SSSR count). The first-order valence-corrected chi connectivity index (χ1v) is 7.96. The van der Waals surface area contributed by atoms with Crippen LogP contribution < -0.4 is 15.3 Å². The van der Waals surface area contributed by atoms with E-state index in [1.54, 1.807) is 25.1 Å². The van der Waals surface area contributed by atoms with Crippen molar-refractivity contribution in [3.05, 3.63) is 58.6 Å². The number of imide groups is 1. The van der Waals surface area contributed by atoms with Crippen molar-refractivity contribution in [2.45, 2.75) is 19.4 Å². The third-order valence-electron chi connectivity index (χ3n) is 4.09. The number of anilines is 2. The van der Waals surface area contributed by atoms with Gasteiger partial charge in [0.15, 0.2) is 0 Å². The Morgan fingerprint density at radius 3 is 2.52 bits per heavy atom. The van der Waals surface area contributed by atoms with E-state index in [1.165, 1.54) is 24.3 Å². The Labute approximate surface area is 149 Å². The number of amides is 2. The van der Waals surface area contributed by atoms with Gasteiger partial charge >= 0.3 is 0 Å². The Balaban J connectivity index is 1.81. The number of aromatic carboxylic acids is 1. The highest BCUT2D eigenvalue weighted by Gasteiger charge is 2.40. The largest absolute Gasteiger partial charge is 0.545 e. The molecule has 0 radical (unpaired) electrons. The molecule has 1 atom stereocenters. The van der Waals surface area contributed by atoms with Crippen molar-refractivity contribution in [2.24, 2.45) is 0 Å². The van der Waals surface area contributed by atoms with E-state index < -0.39 is 12.0 Å². The number of carbonyl (C=O) groups excluding carboxylic acids is 3. The van der Waals surface area contributed by atoms with Crippen LogP contribution in [0, 0.1) is 6.92 Å².